The predicted octanol–water partition coefficient (Wildman–Crippen LogP) is 1.21. The minimum absolute atomic E-state index is 0.250. The Bertz CT molecular complexity index is 813. The van der Waals surface area contributed by atoms with Crippen LogP contribution in [0, 0.1) is 0 Å². The number of H-pyrrole nitrogens is 1. The van der Waals surface area contributed by atoms with Gasteiger partial charge in [0.15, 0.2) is 0 Å². The topological polar surface area (TPSA) is 99.8 Å². The van der Waals surface area contributed by atoms with Gasteiger partial charge < -0.3 is 10.6 Å². The monoisotopic (exact) mass is 295 g/mol. The smallest absolute Gasteiger partial charge is 0.313 e. The zero-order chi connectivity index (χ0) is 15.4. The first-order valence-corrected chi connectivity index (χ1v) is 6.63. The predicted molar refractivity (Wildman–Crippen MR) is 80.8 cm³/mol. The largest absolute Gasteiger partial charge is 0.344 e. The second-order valence-electron chi connectivity index (χ2n) is 4.67. The van der Waals surface area contributed by atoms with Gasteiger partial charge in [-0.05, 0) is 29.8 Å². The third kappa shape index (κ3) is 3.09. The maximum absolute atomic E-state index is 11.8. The van der Waals surface area contributed by atoms with E-state index in [2.05, 4.69) is 25.8 Å². The van der Waals surface area contributed by atoms with Gasteiger partial charge in [-0.2, -0.15) is 5.10 Å². The molecule has 3 aromatic rings. The lowest BCUT2D eigenvalue weighted by Gasteiger charge is -2.06. The number of amides is 2. The third-order valence-electron chi connectivity index (χ3n) is 3.08. The second kappa shape index (κ2) is 6.04. The van der Waals surface area contributed by atoms with E-state index >= 15 is 0 Å². The van der Waals surface area contributed by atoms with Crippen LogP contribution in [0.4, 0.5) is 5.69 Å². The zero-order valence-electron chi connectivity index (χ0n) is 11.5. The first kappa shape index (κ1) is 13.7. The number of aromatic amines is 1. The number of carbonyl (C=O) groups is 2. The van der Waals surface area contributed by atoms with Crippen LogP contribution in [0.5, 0.6) is 0 Å². The van der Waals surface area contributed by atoms with Crippen LogP contribution in [-0.2, 0) is 16.1 Å². The molecule has 0 aliphatic rings. The van der Waals surface area contributed by atoms with Gasteiger partial charge in [0.05, 0.1) is 11.7 Å². The third-order valence-corrected chi connectivity index (χ3v) is 3.08. The number of benzene rings is 1. The summed E-state index contributed by atoms with van der Waals surface area (Å²) in [5, 5.41) is 12.7. The van der Waals surface area contributed by atoms with Crippen LogP contribution in [0.15, 0.2) is 48.9 Å². The molecule has 3 rings (SSSR count). The van der Waals surface area contributed by atoms with Crippen LogP contribution in [-0.4, -0.2) is 27.0 Å². The highest BCUT2D eigenvalue weighted by atomic mass is 16.2. The maximum atomic E-state index is 11.8. The standard InChI is InChI=1S/C15H13N5O2/c21-14(17-8-10-2-1-5-16-7-10)15(22)19-12-4-3-11-9-18-20-13(11)6-12/h1-7,9H,8H2,(H,17,21)(H,18,20)(H,19,22). The maximum Gasteiger partial charge on any atom is 0.313 e. The molecular weight excluding hydrogens is 282 g/mol. The molecule has 0 fully saturated rings. The molecular formula is C15H13N5O2. The summed E-state index contributed by atoms with van der Waals surface area (Å²) in [6.45, 7) is 0.250. The minimum atomic E-state index is -0.720. The van der Waals surface area contributed by atoms with Gasteiger partial charge in [0.2, 0.25) is 0 Å². The van der Waals surface area contributed by atoms with E-state index in [0.29, 0.717) is 5.69 Å². The Morgan fingerprint density at radius 3 is 2.86 bits per heavy atom. The fraction of sp³-hybridized carbons (Fsp3) is 0.0667. The van der Waals surface area contributed by atoms with E-state index in [0.717, 1.165) is 16.5 Å². The molecule has 0 atom stereocenters. The summed E-state index contributed by atoms with van der Waals surface area (Å²) in [5.74, 6) is -1.42. The van der Waals surface area contributed by atoms with Crippen molar-refractivity contribution in [2.24, 2.45) is 0 Å². The summed E-state index contributed by atoms with van der Waals surface area (Å²) in [6, 6.07) is 8.82. The average Bonchev–Trinajstić information content (AvgIpc) is 3.01. The van der Waals surface area contributed by atoms with E-state index in [9.17, 15) is 9.59 Å². The summed E-state index contributed by atoms with van der Waals surface area (Å²) < 4.78 is 0. The van der Waals surface area contributed by atoms with Crippen LogP contribution < -0.4 is 10.6 Å². The Morgan fingerprint density at radius 2 is 2.05 bits per heavy atom. The summed E-state index contributed by atoms with van der Waals surface area (Å²) in [6.07, 6.45) is 4.95. The Balaban J connectivity index is 1.59. The quantitative estimate of drug-likeness (QED) is 0.632. The van der Waals surface area contributed by atoms with Gasteiger partial charge in [-0.25, -0.2) is 0 Å². The number of rotatable bonds is 3. The Labute approximate surface area is 125 Å². The van der Waals surface area contributed by atoms with E-state index in [1.54, 1.807) is 36.8 Å². The number of carbonyl (C=O) groups excluding carboxylic acids is 2. The van der Waals surface area contributed by atoms with Crippen molar-refractivity contribution in [3.8, 4) is 0 Å². The van der Waals surface area contributed by atoms with E-state index in [-0.39, 0.29) is 6.54 Å². The van der Waals surface area contributed by atoms with Crippen molar-refractivity contribution in [2.75, 3.05) is 5.32 Å². The highest BCUT2D eigenvalue weighted by molar-refractivity contribution is 6.39. The second-order valence-corrected chi connectivity index (χ2v) is 4.67. The molecule has 0 spiro atoms. The van der Waals surface area contributed by atoms with Gasteiger partial charge in [-0.3, -0.25) is 19.7 Å². The number of nitrogens with zero attached hydrogens (tertiary/aromatic N) is 2. The number of fused-ring (bicyclic) bond motifs is 1. The van der Waals surface area contributed by atoms with E-state index in [1.807, 2.05) is 12.1 Å². The van der Waals surface area contributed by atoms with Crippen molar-refractivity contribution in [3.63, 3.8) is 0 Å². The molecule has 1 aromatic carbocycles. The molecule has 0 radical (unpaired) electrons. The number of hydrogen-bond donors (Lipinski definition) is 3. The first-order valence-electron chi connectivity index (χ1n) is 6.63. The van der Waals surface area contributed by atoms with Crippen molar-refractivity contribution in [3.05, 3.63) is 54.5 Å². The average molecular weight is 295 g/mol. The Morgan fingerprint density at radius 1 is 1.14 bits per heavy atom. The summed E-state index contributed by atoms with van der Waals surface area (Å²) in [5.41, 5.74) is 2.13. The molecule has 7 nitrogen and oxygen atoms in total. The molecule has 2 amide bonds. The lowest BCUT2D eigenvalue weighted by molar-refractivity contribution is -0.136. The number of aromatic nitrogens is 3. The summed E-state index contributed by atoms with van der Waals surface area (Å²) in [4.78, 5) is 27.6. The Kier molecular flexibility index (Phi) is 3.78. The number of nitrogens with one attached hydrogen (secondary N) is 3. The van der Waals surface area contributed by atoms with E-state index < -0.39 is 11.8 Å². The van der Waals surface area contributed by atoms with Crippen molar-refractivity contribution in [1.82, 2.24) is 20.5 Å². The lowest BCUT2D eigenvalue weighted by Crippen LogP contribution is -2.34. The molecule has 3 N–H and O–H groups in total. The zero-order valence-corrected chi connectivity index (χ0v) is 11.5. The van der Waals surface area contributed by atoms with E-state index in [1.165, 1.54) is 0 Å². The SMILES string of the molecule is O=C(NCc1cccnc1)C(=O)Nc1ccc2cn[nH]c2c1. The van der Waals surface area contributed by atoms with Crippen molar-refractivity contribution in [1.29, 1.82) is 0 Å². The van der Waals surface area contributed by atoms with Crippen LogP contribution in [0.3, 0.4) is 0 Å². The van der Waals surface area contributed by atoms with Gasteiger partial charge in [-0.1, -0.05) is 6.07 Å². The molecule has 2 heterocycles. The van der Waals surface area contributed by atoms with Gasteiger partial charge in [0.25, 0.3) is 0 Å². The molecule has 22 heavy (non-hydrogen) atoms. The first-order chi connectivity index (χ1) is 10.7. The minimum Gasteiger partial charge on any atom is -0.344 e. The molecule has 0 saturated heterocycles. The molecule has 0 bridgehead atoms. The summed E-state index contributed by atoms with van der Waals surface area (Å²) in [7, 11) is 0. The summed E-state index contributed by atoms with van der Waals surface area (Å²) >= 11 is 0. The fourth-order valence-corrected chi connectivity index (χ4v) is 1.97. The van der Waals surface area contributed by atoms with Crippen molar-refractivity contribution in [2.45, 2.75) is 6.54 Å². The van der Waals surface area contributed by atoms with Crippen LogP contribution in [0.1, 0.15) is 5.56 Å². The normalized spacial score (nSPS) is 10.4. The van der Waals surface area contributed by atoms with Gasteiger partial charge in [0.1, 0.15) is 0 Å². The van der Waals surface area contributed by atoms with E-state index in [4.69, 9.17) is 0 Å². The van der Waals surface area contributed by atoms with Gasteiger partial charge >= 0.3 is 11.8 Å². The number of hydrogen-bond acceptors (Lipinski definition) is 4. The van der Waals surface area contributed by atoms with Gasteiger partial charge in [-0.15, -0.1) is 0 Å². The van der Waals surface area contributed by atoms with Crippen molar-refractivity contribution < 1.29 is 9.59 Å². The van der Waals surface area contributed by atoms with Crippen molar-refractivity contribution >= 4 is 28.4 Å². The molecule has 7 heteroatoms. The lowest BCUT2D eigenvalue weighted by atomic mass is 10.2. The van der Waals surface area contributed by atoms with Crippen LogP contribution in [0.2, 0.25) is 0 Å². The Hall–Kier alpha value is -3.22. The number of anilines is 1. The molecule has 0 aliphatic heterocycles. The molecule has 110 valence electrons. The van der Waals surface area contributed by atoms with Crippen LogP contribution in [0.25, 0.3) is 10.9 Å². The molecule has 2 aromatic heterocycles. The number of pyridine rings is 1. The highest BCUT2D eigenvalue weighted by Gasteiger charge is 2.13. The highest BCUT2D eigenvalue weighted by Crippen LogP contribution is 2.16. The fourth-order valence-electron chi connectivity index (χ4n) is 1.97. The molecule has 0 saturated carbocycles. The van der Waals surface area contributed by atoms with Crippen LogP contribution >= 0.6 is 0 Å². The molecule has 0 aliphatic carbocycles. The van der Waals surface area contributed by atoms with Gasteiger partial charge in [0, 0.05) is 30.0 Å². The molecule has 0 unspecified atom stereocenters.